The van der Waals surface area contributed by atoms with E-state index in [1.54, 1.807) is 12.1 Å². The van der Waals surface area contributed by atoms with Crippen molar-refractivity contribution in [1.29, 1.82) is 0 Å². The van der Waals surface area contributed by atoms with Gasteiger partial charge in [-0.05, 0) is 53.0 Å². The molecule has 0 unspecified atom stereocenters. The standard InChI is InChI=1S/C12H15BrFNO/c13-11-6-9(3-4-12(11)14)8-16-10-2-1-5-15-7-10/h3-4,6,10,15H,1-2,5,7-8H2/t10-/m0/s1. The highest BCUT2D eigenvalue weighted by atomic mass is 79.9. The summed E-state index contributed by atoms with van der Waals surface area (Å²) in [5.74, 6) is -0.233. The van der Waals surface area contributed by atoms with E-state index in [2.05, 4.69) is 21.2 Å². The van der Waals surface area contributed by atoms with Crippen LogP contribution in [0.5, 0.6) is 0 Å². The van der Waals surface area contributed by atoms with Gasteiger partial charge in [-0.25, -0.2) is 4.39 Å². The summed E-state index contributed by atoms with van der Waals surface area (Å²) in [5.41, 5.74) is 0.999. The van der Waals surface area contributed by atoms with Crippen molar-refractivity contribution in [1.82, 2.24) is 5.32 Å². The third-order valence-electron chi connectivity index (χ3n) is 2.72. The van der Waals surface area contributed by atoms with Gasteiger partial charge in [-0.3, -0.25) is 0 Å². The summed E-state index contributed by atoms with van der Waals surface area (Å²) >= 11 is 3.17. The molecule has 4 heteroatoms. The summed E-state index contributed by atoms with van der Waals surface area (Å²) in [6.07, 6.45) is 2.56. The van der Waals surface area contributed by atoms with Crippen molar-refractivity contribution >= 4 is 15.9 Å². The average Bonchev–Trinajstić information content (AvgIpc) is 2.32. The lowest BCUT2D eigenvalue weighted by Gasteiger charge is -2.23. The van der Waals surface area contributed by atoms with Gasteiger partial charge in [-0.1, -0.05) is 6.07 Å². The van der Waals surface area contributed by atoms with Crippen LogP contribution in [0.1, 0.15) is 18.4 Å². The molecule has 0 spiro atoms. The Morgan fingerprint density at radius 3 is 3.06 bits per heavy atom. The zero-order chi connectivity index (χ0) is 11.4. The highest BCUT2D eigenvalue weighted by Gasteiger charge is 2.13. The summed E-state index contributed by atoms with van der Waals surface area (Å²) in [6, 6.07) is 4.99. The Kier molecular flexibility index (Phi) is 4.32. The minimum Gasteiger partial charge on any atom is -0.372 e. The van der Waals surface area contributed by atoms with Crippen molar-refractivity contribution in [3.63, 3.8) is 0 Å². The van der Waals surface area contributed by atoms with Gasteiger partial charge in [0.05, 0.1) is 17.2 Å². The molecule has 1 saturated heterocycles. The SMILES string of the molecule is Fc1ccc(CO[C@H]2CCCNC2)cc1Br. The van der Waals surface area contributed by atoms with E-state index in [9.17, 15) is 4.39 Å². The molecule has 0 aromatic heterocycles. The quantitative estimate of drug-likeness (QED) is 0.923. The van der Waals surface area contributed by atoms with E-state index >= 15 is 0 Å². The maximum atomic E-state index is 13.0. The number of piperidine rings is 1. The average molecular weight is 288 g/mol. The molecule has 2 nitrogen and oxygen atoms in total. The summed E-state index contributed by atoms with van der Waals surface area (Å²) in [5, 5.41) is 3.30. The minimum absolute atomic E-state index is 0.233. The van der Waals surface area contributed by atoms with E-state index in [0.29, 0.717) is 11.1 Å². The van der Waals surface area contributed by atoms with E-state index in [1.807, 2.05) is 0 Å². The maximum absolute atomic E-state index is 13.0. The monoisotopic (exact) mass is 287 g/mol. The largest absolute Gasteiger partial charge is 0.372 e. The first-order valence-corrected chi connectivity index (χ1v) is 6.31. The Balaban J connectivity index is 1.86. The Bertz CT molecular complexity index is 353. The molecule has 1 heterocycles. The number of hydrogen-bond acceptors (Lipinski definition) is 2. The van der Waals surface area contributed by atoms with Gasteiger partial charge in [0.1, 0.15) is 5.82 Å². The van der Waals surface area contributed by atoms with Crippen LogP contribution in [-0.2, 0) is 11.3 Å². The fourth-order valence-corrected chi connectivity index (χ4v) is 2.23. The van der Waals surface area contributed by atoms with Crippen LogP contribution in [0, 0.1) is 5.82 Å². The van der Waals surface area contributed by atoms with E-state index in [1.165, 1.54) is 6.07 Å². The highest BCUT2D eigenvalue weighted by molar-refractivity contribution is 9.10. The third-order valence-corrected chi connectivity index (χ3v) is 3.33. The van der Waals surface area contributed by atoms with E-state index < -0.39 is 0 Å². The molecule has 1 aliphatic heterocycles. The van der Waals surface area contributed by atoms with Crippen LogP contribution in [-0.4, -0.2) is 19.2 Å². The topological polar surface area (TPSA) is 21.3 Å². The lowest BCUT2D eigenvalue weighted by Crippen LogP contribution is -2.35. The van der Waals surface area contributed by atoms with Gasteiger partial charge in [0.2, 0.25) is 0 Å². The molecule has 0 aliphatic carbocycles. The van der Waals surface area contributed by atoms with Crippen molar-refractivity contribution in [2.45, 2.75) is 25.6 Å². The highest BCUT2D eigenvalue weighted by Crippen LogP contribution is 2.18. The first kappa shape index (κ1) is 12.0. The van der Waals surface area contributed by atoms with Gasteiger partial charge in [0.15, 0.2) is 0 Å². The molecule has 0 bridgehead atoms. The van der Waals surface area contributed by atoms with Crippen molar-refractivity contribution in [2.75, 3.05) is 13.1 Å². The molecule has 1 atom stereocenters. The zero-order valence-corrected chi connectivity index (χ0v) is 10.6. The van der Waals surface area contributed by atoms with Crippen molar-refractivity contribution in [3.05, 3.63) is 34.1 Å². The molecule has 1 aromatic carbocycles. The summed E-state index contributed by atoms with van der Waals surface area (Å²) in [4.78, 5) is 0. The van der Waals surface area contributed by atoms with Crippen molar-refractivity contribution < 1.29 is 9.13 Å². The fraction of sp³-hybridized carbons (Fsp3) is 0.500. The number of benzene rings is 1. The van der Waals surface area contributed by atoms with Crippen LogP contribution < -0.4 is 5.32 Å². The van der Waals surface area contributed by atoms with Crippen LogP contribution in [0.4, 0.5) is 4.39 Å². The van der Waals surface area contributed by atoms with Gasteiger partial charge in [0.25, 0.3) is 0 Å². The smallest absolute Gasteiger partial charge is 0.137 e. The predicted octanol–water partition coefficient (Wildman–Crippen LogP) is 2.86. The number of ether oxygens (including phenoxy) is 1. The van der Waals surface area contributed by atoms with E-state index in [0.717, 1.165) is 31.5 Å². The van der Waals surface area contributed by atoms with Crippen LogP contribution in [0.25, 0.3) is 0 Å². The van der Waals surface area contributed by atoms with Crippen molar-refractivity contribution in [3.8, 4) is 0 Å². The van der Waals surface area contributed by atoms with Gasteiger partial charge < -0.3 is 10.1 Å². The summed E-state index contributed by atoms with van der Waals surface area (Å²) in [6.45, 7) is 2.55. The fourth-order valence-electron chi connectivity index (χ4n) is 1.81. The molecule has 0 saturated carbocycles. The van der Waals surface area contributed by atoms with E-state index in [4.69, 9.17) is 4.74 Å². The van der Waals surface area contributed by atoms with Gasteiger partial charge in [0, 0.05) is 6.54 Å². The van der Waals surface area contributed by atoms with Crippen LogP contribution in [0.3, 0.4) is 0 Å². The Morgan fingerprint density at radius 1 is 1.50 bits per heavy atom. The normalized spacial score (nSPS) is 21.0. The summed E-state index contributed by atoms with van der Waals surface area (Å²) < 4.78 is 19.2. The number of rotatable bonds is 3. The first-order valence-electron chi connectivity index (χ1n) is 5.52. The van der Waals surface area contributed by atoms with Gasteiger partial charge in [-0.15, -0.1) is 0 Å². The van der Waals surface area contributed by atoms with Gasteiger partial charge >= 0.3 is 0 Å². The molecular weight excluding hydrogens is 273 g/mol. The molecular formula is C12H15BrFNO. The molecule has 0 radical (unpaired) electrons. The molecule has 0 amide bonds. The third kappa shape index (κ3) is 3.27. The molecule has 1 N–H and O–H groups in total. The second-order valence-corrected chi connectivity index (χ2v) is 4.88. The van der Waals surface area contributed by atoms with Crippen LogP contribution in [0.15, 0.2) is 22.7 Å². The number of halogens is 2. The summed E-state index contributed by atoms with van der Waals surface area (Å²) in [7, 11) is 0. The maximum Gasteiger partial charge on any atom is 0.137 e. The zero-order valence-electron chi connectivity index (χ0n) is 9.01. The Hall–Kier alpha value is -0.450. The Labute approximate surface area is 103 Å². The molecule has 16 heavy (non-hydrogen) atoms. The van der Waals surface area contributed by atoms with Crippen LogP contribution in [0.2, 0.25) is 0 Å². The number of nitrogens with one attached hydrogen (secondary N) is 1. The van der Waals surface area contributed by atoms with Gasteiger partial charge in [-0.2, -0.15) is 0 Å². The Morgan fingerprint density at radius 2 is 2.38 bits per heavy atom. The molecule has 2 rings (SSSR count). The molecule has 1 fully saturated rings. The lowest BCUT2D eigenvalue weighted by molar-refractivity contribution is 0.0252. The van der Waals surface area contributed by atoms with Crippen LogP contribution >= 0.6 is 15.9 Å². The minimum atomic E-state index is -0.233. The molecule has 1 aliphatic rings. The van der Waals surface area contributed by atoms with E-state index in [-0.39, 0.29) is 11.9 Å². The lowest BCUT2D eigenvalue weighted by atomic mass is 10.1. The second-order valence-electron chi connectivity index (χ2n) is 4.03. The molecule has 1 aromatic rings. The molecule has 88 valence electrons. The predicted molar refractivity (Wildman–Crippen MR) is 64.8 cm³/mol. The second kappa shape index (κ2) is 5.75. The first-order chi connectivity index (χ1) is 7.75. The van der Waals surface area contributed by atoms with Crippen molar-refractivity contribution in [2.24, 2.45) is 0 Å². The number of hydrogen-bond donors (Lipinski definition) is 1.